The van der Waals surface area contributed by atoms with Crippen molar-refractivity contribution in [3.8, 4) is 0 Å². The molecule has 0 saturated heterocycles. The van der Waals surface area contributed by atoms with E-state index in [-0.39, 0.29) is 5.97 Å². The van der Waals surface area contributed by atoms with Gasteiger partial charge in [-0.15, -0.1) is 0 Å². The van der Waals surface area contributed by atoms with Crippen molar-refractivity contribution in [1.82, 2.24) is 0 Å². The number of nitrogens with two attached hydrogens (primary N) is 1. The summed E-state index contributed by atoms with van der Waals surface area (Å²) in [5.41, 5.74) is 5.42. The third kappa shape index (κ3) is 3.11. The molecule has 88 valence electrons. The molecule has 15 heavy (non-hydrogen) atoms. The fourth-order valence-electron chi connectivity index (χ4n) is 1.53. The molecule has 0 aromatic rings. The summed E-state index contributed by atoms with van der Waals surface area (Å²) in [5.74, 6) is 0.765. The van der Waals surface area contributed by atoms with E-state index in [0.717, 1.165) is 19.3 Å². The number of thioether (sulfide) groups is 1. The van der Waals surface area contributed by atoms with Crippen molar-refractivity contribution in [3.63, 3.8) is 0 Å². The van der Waals surface area contributed by atoms with Gasteiger partial charge in [-0.2, -0.15) is 11.8 Å². The average Bonchev–Trinajstić information content (AvgIpc) is 3.07. The summed E-state index contributed by atoms with van der Waals surface area (Å²) >= 11 is 1.77. The topological polar surface area (TPSA) is 52.3 Å². The number of esters is 1. The molecule has 4 heteroatoms. The molecule has 2 atom stereocenters. The van der Waals surface area contributed by atoms with E-state index < -0.39 is 5.54 Å². The van der Waals surface area contributed by atoms with Gasteiger partial charge in [0.2, 0.25) is 0 Å². The van der Waals surface area contributed by atoms with Gasteiger partial charge in [0.1, 0.15) is 5.54 Å². The Labute approximate surface area is 96.1 Å². The van der Waals surface area contributed by atoms with E-state index in [0.29, 0.717) is 16.9 Å². The van der Waals surface area contributed by atoms with Gasteiger partial charge in [-0.1, -0.05) is 13.8 Å². The molecule has 1 aliphatic carbocycles. The Morgan fingerprint density at radius 3 is 2.67 bits per heavy atom. The first-order chi connectivity index (χ1) is 7.04. The van der Waals surface area contributed by atoms with Gasteiger partial charge in [-0.05, 0) is 25.2 Å². The van der Waals surface area contributed by atoms with Gasteiger partial charge in [0.15, 0.2) is 0 Å². The van der Waals surface area contributed by atoms with Crippen LogP contribution in [0.4, 0.5) is 0 Å². The van der Waals surface area contributed by atoms with Crippen molar-refractivity contribution in [2.75, 3.05) is 12.9 Å². The van der Waals surface area contributed by atoms with Crippen LogP contribution in [0.5, 0.6) is 0 Å². The second-order valence-corrected chi connectivity index (χ2v) is 5.76. The lowest BCUT2D eigenvalue weighted by molar-refractivity contribution is -0.146. The molecule has 0 radical (unpaired) electrons. The molecule has 3 nitrogen and oxygen atoms in total. The SMILES string of the molecule is CCC(C)SCC(N)(C(=O)OC)C1CC1. The Kier molecular flexibility index (Phi) is 4.46. The van der Waals surface area contributed by atoms with Crippen LogP contribution in [0.3, 0.4) is 0 Å². The van der Waals surface area contributed by atoms with Gasteiger partial charge in [0.25, 0.3) is 0 Å². The largest absolute Gasteiger partial charge is 0.468 e. The lowest BCUT2D eigenvalue weighted by Crippen LogP contribution is -2.53. The summed E-state index contributed by atoms with van der Waals surface area (Å²) in [7, 11) is 1.42. The number of carbonyl (C=O) groups is 1. The van der Waals surface area contributed by atoms with Crippen LogP contribution in [-0.4, -0.2) is 29.6 Å². The van der Waals surface area contributed by atoms with Gasteiger partial charge < -0.3 is 10.5 Å². The van der Waals surface area contributed by atoms with E-state index in [2.05, 4.69) is 13.8 Å². The Hall–Kier alpha value is -0.220. The smallest absolute Gasteiger partial charge is 0.326 e. The van der Waals surface area contributed by atoms with Gasteiger partial charge in [-0.25, -0.2) is 0 Å². The standard InChI is InChI=1S/C11H21NO2S/c1-4-8(2)15-7-11(12,9-5-6-9)10(13)14-3/h8-9H,4-7,12H2,1-3H3. The first-order valence-corrected chi connectivity index (χ1v) is 6.58. The van der Waals surface area contributed by atoms with Crippen molar-refractivity contribution in [2.45, 2.75) is 43.9 Å². The highest BCUT2D eigenvalue weighted by atomic mass is 32.2. The zero-order chi connectivity index (χ0) is 11.5. The van der Waals surface area contributed by atoms with Crippen LogP contribution in [0.1, 0.15) is 33.1 Å². The van der Waals surface area contributed by atoms with Crippen molar-refractivity contribution in [1.29, 1.82) is 0 Å². The predicted molar refractivity (Wildman–Crippen MR) is 63.9 cm³/mol. The molecule has 0 aliphatic heterocycles. The van der Waals surface area contributed by atoms with Gasteiger partial charge in [0, 0.05) is 11.0 Å². The molecular weight excluding hydrogens is 210 g/mol. The van der Waals surface area contributed by atoms with E-state index in [1.54, 1.807) is 11.8 Å². The third-order valence-corrected chi connectivity index (χ3v) is 4.60. The van der Waals surface area contributed by atoms with Crippen LogP contribution < -0.4 is 5.73 Å². The van der Waals surface area contributed by atoms with Crippen LogP contribution >= 0.6 is 11.8 Å². The van der Waals surface area contributed by atoms with E-state index in [1.807, 2.05) is 0 Å². The number of carbonyl (C=O) groups excluding carboxylic acids is 1. The van der Waals surface area contributed by atoms with Crippen LogP contribution in [0.2, 0.25) is 0 Å². The second kappa shape index (κ2) is 5.21. The molecule has 0 amide bonds. The molecule has 1 rings (SSSR count). The van der Waals surface area contributed by atoms with Crippen LogP contribution in [0, 0.1) is 5.92 Å². The fraction of sp³-hybridized carbons (Fsp3) is 0.909. The maximum Gasteiger partial charge on any atom is 0.326 e. The zero-order valence-electron chi connectivity index (χ0n) is 9.79. The summed E-state index contributed by atoms with van der Waals surface area (Å²) in [6.45, 7) is 4.31. The lowest BCUT2D eigenvalue weighted by atomic mass is 9.97. The molecule has 2 unspecified atom stereocenters. The van der Waals surface area contributed by atoms with Crippen LogP contribution in [-0.2, 0) is 9.53 Å². The van der Waals surface area contributed by atoms with E-state index in [4.69, 9.17) is 10.5 Å². The first-order valence-electron chi connectivity index (χ1n) is 5.53. The fourth-order valence-corrected chi connectivity index (χ4v) is 2.68. The number of rotatable bonds is 6. The van der Waals surface area contributed by atoms with Gasteiger partial charge in [0.05, 0.1) is 7.11 Å². The number of hydrogen-bond acceptors (Lipinski definition) is 4. The summed E-state index contributed by atoms with van der Waals surface area (Å²) in [4.78, 5) is 11.7. The van der Waals surface area contributed by atoms with Crippen molar-refractivity contribution in [2.24, 2.45) is 11.7 Å². The van der Waals surface area contributed by atoms with Crippen LogP contribution in [0.25, 0.3) is 0 Å². The summed E-state index contributed by atoms with van der Waals surface area (Å²) < 4.78 is 4.81. The second-order valence-electron chi connectivity index (χ2n) is 4.34. The van der Waals surface area contributed by atoms with Crippen molar-refractivity contribution in [3.05, 3.63) is 0 Å². The summed E-state index contributed by atoms with van der Waals surface area (Å²) in [6, 6.07) is 0. The minimum Gasteiger partial charge on any atom is -0.468 e. The van der Waals surface area contributed by atoms with Crippen molar-refractivity contribution < 1.29 is 9.53 Å². The van der Waals surface area contributed by atoms with Gasteiger partial charge >= 0.3 is 5.97 Å². The summed E-state index contributed by atoms with van der Waals surface area (Å²) in [6.07, 6.45) is 3.23. The number of ether oxygens (including phenoxy) is 1. The average molecular weight is 231 g/mol. The van der Waals surface area contributed by atoms with E-state index >= 15 is 0 Å². The Bertz CT molecular complexity index is 231. The molecule has 0 spiro atoms. The Balaban J connectivity index is 2.53. The number of methoxy groups -OCH3 is 1. The first kappa shape index (κ1) is 12.8. The molecule has 0 heterocycles. The number of hydrogen-bond donors (Lipinski definition) is 1. The summed E-state index contributed by atoms with van der Waals surface area (Å²) in [5, 5.41) is 0.552. The highest BCUT2D eigenvalue weighted by Gasteiger charge is 2.48. The van der Waals surface area contributed by atoms with E-state index in [9.17, 15) is 4.79 Å². The maximum absolute atomic E-state index is 11.7. The molecule has 1 aliphatic rings. The molecule has 0 aromatic carbocycles. The highest BCUT2D eigenvalue weighted by Crippen LogP contribution is 2.41. The maximum atomic E-state index is 11.7. The Morgan fingerprint density at radius 2 is 2.27 bits per heavy atom. The Morgan fingerprint density at radius 1 is 1.67 bits per heavy atom. The lowest BCUT2D eigenvalue weighted by Gasteiger charge is -2.27. The van der Waals surface area contributed by atoms with E-state index in [1.165, 1.54) is 7.11 Å². The zero-order valence-corrected chi connectivity index (χ0v) is 10.6. The third-order valence-electron chi connectivity index (χ3n) is 3.05. The van der Waals surface area contributed by atoms with Crippen molar-refractivity contribution >= 4 is 17.7 Å². The normalized spacial score (nSPS) is 21.9. The highest BCUT2D eigenvalue weighted by molar-refractivity contribution is 8.00. The molecule has 2 N–H and O–H groups in total. The monoisotopic (exact) mass is 231 g/mol. The molecule has 1 fully saturated rings. The minimum absolute atomic E-state index is 0.249. The molecule has 0 bridgehead atoms. The molecule has 0 aromatic heterocycles. The predicted octanol–water partition coefficient (Wildman–Crippen LogP) is 1.80. The van der Waals surface area contributed by atoms with Crippen LogP contribution in [0.15, 0.2) is 0 Å². The molecule has 1 saturated carbocycles. The molecular formula is C11H21NO2S. The van der Waals surface area contributed by atoms with Gasteiger partial charge in [-0.3, -0.25) is 4.79 Å². The quantitative estimate of drug-likeness (QED) is 0.708. The minimum atomic E-state index is -0.747.